The van der Waals surface area contributed by atoms with Crippen molar-refractivity contribution in [3.05, 3.63) is 24.3 Å². The lowest BCUT2D eigenvalue weighted by molar-refractivity contribution is -0.302. The first-order chi connectivity index (χ1) is 46.2. The maximum absolute atomic E-state index is 13.0. The zero-order valence-corrected chi connectivity index (χ0v) is 62.2. The van der Waals surface area contributed by atoms with Gasteiger partial charge in [-0.3, -0.25) is 9.59 Å². The van der Waals surface area contributed by atoms with Gasteiger partial charge in [-0.05, 0) is 44.9 Å². The SMILES string of the molecule is CCCCC/C=C/CC/C=C/C(O)C(COC1OC(CO)C(O)C(O)C1O)NC(=O)CCCCCCCCCCCCCCCCCCCCCCCCCCCCCCCCCCCCCCCCCOC(=O)CCCCCCCCCCCCCCCCCCCC. The molecule has 0 spiro atoms. The number of carbonyl (C=O) groups excluding carboxylic acids is 2. The summed E-state index contributed by atoms with van der Waals surface area (Å²) in [4.78, 5) is 25.2. The van der Waals surface area contributed by atoms with E-state index in [0.29, 0.717) is 19.4 Å². The van der Waals surface area contributed by atoms with Gasteiger partial charge in [0.25, 0.3) is 0 Å². The fourth-order valence-electron chi connectivity index (χ4n) is 13.6. The fraction of sp³-hybridized carbons (Fsp3) is 0.928. The molecule has 1 aliphatic heterocycles. The summed E-state index contributed by atoms with van der Waals surface area (Å²) in [5.74, 6) is -0.163. The van der Waals surface area contributed by atoms with Crippen LogP contribution in [0.25, 0.3) is 0 Å². The molecule has 6 N–H and O–H groups in total. The first-order valence-corrected chi connectivity index (χ1v) is 41.6. The molecular weight excluding hydrogens is 1170 g/mol. The maximum atomic E-state index is 13.0. The van der Waals surface area contributed by atoms with Gasteiger partial charge in [-0.1, -0.05) is 398 Å². The minimum absolute atomic E-state index is 0.0236. The van der Waals surface area contributed by atoms with Crippen molar-refractivity contribution in [1.29, 1.82) is 0 Å². The Kier molecular flexibility index (Phi) is 69.4. The number of aliphatic hydroxyl groups is 5. The van der Waals surface area contributed by atoms with Gasteiger partial charge in [-0.2, -0.15) is 0 Å². The summed E-state index contributed by atoms with van der Waals surface area (Å²) in [5.41, 5.74) is 0. The number of hydrogen-bond donors (Lipinski definition) is 6. The van der Waals surface area contributed by atoms with E-state index in [1.807, 2.05) is 6.08 Å². The Morgan fingerprint density at radius 3 is 1.05 bits per heavy atom. The van der Waals surface area contributed by atoms with Crippen molar-refractivity contribution in [2.24, 2.45) is 0 Å². The van der Waals surface area contributed by atoms with Crippen LogP contribution < -0.4 is 5.32 Å². The van der Waals surface area contributed by atoms with Crippen molar-refractivity contribution in [2.75, 3.05) is 19.8 Å². The molecule has 7 atom stereocenters. The molecule has 7 unspecified atom stereocenters. The van der Waals surface area contributed by atoms with Crippen molar-refractivity contribution in [1.82, 2.24) is 5.32 Å². The van der Waals surface area contributed by atoms with Crippen molar-refractivity contribution in [3.8, 4) is 0 Å². The highest BCUT2D eigenvalue weighted by atomic mass is 16.7. The Morgan fingerprint density at radius 1 is 0.383 bits per heavy atom. The number of aliphatic hydroxyl groups excluding tert-OH is 5. The summed E-state index contributed by atoms with van der Waals surface area (Å²) in [6.45, 7) is 4.34. The topological polar surface area (TPSA) is 175 Å². The Labute approximate surface area is 581 Å². The molecule has 0 radical (unpaired) electrons. The van der Waals surface area contributed by atoms with Gasteiger partial charge < -0.3 is 45.1 Å². The van der Waals surface area contributed by atoms with Gasteiger partial charge >= 0.3 is 5.97 Å². The number of nitrogens with one attached hydrogen (secondary N) is 1. The molecule has 11 heteroatoms. The summed E-state index contributed by atoms with van der Waals surface area (Å²) < 4.78 is 16.7. The Hall–Kier alpha value is -1.86. The quantitative estimate of drug-likeness (QED) is 0.0195. The van der Waals surface area contributed by atoms with Gasteiger partial charge in [0.15, 0.2) is 6.29 Å². The molecule has 0 aromatic heterocycles. The van der Waals surface area contributed by atoms with Gasteiger partial charge in [-0.15, -0.1) is 0 Å². The predicted molar refractivity (Wildman–Crippen MR) is 398 cm³/mol. The van der Waals surface area contributed by atoms with Crippen molar-refractivity contribution < 1.29 is 49.3 Å². The summed E-state index contributed by atoms with van der Waals surface area (Å²) in [7, 11) is 0. The summed E-state index contributed by atoms with van der Waals surface area (Å²) in [6, 6.07) is -0.821. The number of amides is 1. The smallest absolute Gasteiger partial charge is 0.305 e. The van der Waals surface area contributed by atoms with Crippen LogP contribution in [-0.2, 0) is 23.8 Å². The van der Waals surface area contributed by atoms with Crippen molar-refractivity contribution >= 4 is 11.9 Å². The summed E-state index contributed by atoms with van der Waals surface area (Å²) in [6.07, 6.45) is 84.1. The van der Waals surface area contributed by atoms with Crippen LogP contribution in [0.2, 0.25) is 0 Å². The lowest BCUT2D eigenvalue weighted by Crippen LogP contribution is -2.60. The molecular formula is C83H159NO10. The molecule has 1 aliphatic rings. The number of rotatable bonds is 75. The van der Waals surface area contributed by atoms with Crippen LogP contribution in [0, 0.1) is 0 Å². The van der Waals surface area contributed by atoms with Crippen LogP contribution in [0.3, 0.4) is 0 Å². The van der Waals surface area contributed by atoms with E-state index in [1.165, 1.54) is 353 Å². The van der Waals surface area contributed by atoms with Gasteiger partial charge in [-0.25, -0.2) is 0 Å². The molecule has 1 amide bonds. The Bertz CT molecular complexity index is 1610. The number of ether oxygens (including phenoxy) is 3. The average Bonchev–Trinajstić information content (AvgIpc) is 0.834. The highest BCUT2D eigenvalue weighted by Gasteiger charge is 2.44. The predicted octanol–water partition coefficient (Wildman–Crippen LogP) is 22.7. The number of carbonyl (C=O) groups is 2. The highest BCUT2D eigenvalue weighted by molar-refractivity contribution is 5.76. The standard InChI is InChI=1S/C83H159NO10/c1-3-5-7-9-11-13-14-15-16-17-42-45-48-51-55-59-63-67-71-79(88)92-72-68-64-60-56-52-49-46-43-40-38-36-34-32-30-28-26-24-22-20-18-19-21-23-25-27-29-31-33-35-37-39-41-44-47-50-54-58-62-66-70-78(87)84-75(76(86)69-65-61-57-53-12-10-8-6-4-2)74-93-83-82(91)81(90)80(89)77(73-85)94-83/h12,53,65,69,75-77,80-83,85-86,89-91H,3-11,13-52,54-64,66-68,70-74H2,1-2H3,(H,84,87)/b53-12+,69-65+. The molecule has 0 aliphatic carbocycles. The highest BCUT2D eigenvalue weighted by Crippen LogP contribution is 2.24. The minimum atomic E-state index is -1.57. The molecule has 0 saturated carbocycles. The minimum Gasteiger partial charge on any atom is -0.466 e. The number of unbranched alkanes of at least 4 members (excludes halogenated alkanes) is 59. The average molecular weight is 1330 g/mol. The van der Waals surface area contributed by atoms with E-state index in [-0.39, 0.29) is 18.5 Å². The number of esters is 1. The van der Waals surface area contributed by atoms with E-state index in [4.69, 9.17) is 14.2 Å². The second-order valence-corrected chi connectivity index (χ2v) is 29.2. The molecule has 556 valence electrons. The molecule has 0 aromatic carbocycles. The maximum Gasteiger partial charge on any atom is 0.305 e. The summed E-state index contributed by atoms with van der Waals surface area (Å²) in [5, 5.41) is 54.3. The molecule has 0 aromatic rings. The fourth-order valence-corrected chi connectivity index (χ4v) is 13.6. The first-order valence-electron chi connectivity index (χ1n) is 41.6. The third kappa shape index (κ3) is 60.1. The van der Waals surface area contributed by atoms with Gasteiger partial charge in [0.2, 0.25) is 5.91 Å². The van der Waals surface area contributed by atoms with Crippen molar-refractivity contribution in [3.63, 3.8) is 0 Å². The first kappa shape index (κ1) is 90.2. The van der Waals surface area contributed by atoms with Gasteiger partial charge in [0.1, 0.15) is 24.4 Å². The molecule has 1 heterocycles. The molecule has 0 bridgehead atoms. The van der Waals surface area contributed by atoms with E-state index in [0.717, 1.165) is 51.4 Å². The van der Waals surface area contributed by atoms with Crippen LogP contribution in [0.5, 0.6) is 0 Å². The third-order valence-corrected chi connectivity index (χ3v) is 20.1. The zero-order chi connectivity index (χ0) is 67.9. The van der Waals surface area contributed by atoms with Crippen LogP contribution in [0.4, 0.5) is 0 Å². The zero-order valence-electron chi connectivity index (χ0n) is 62.2. The van der Waals surface area contributed by atoms with Gasteiger partial charge in [0, 0.05) is 12.8 Å². The van der Waals surface area contributed by atoms with E-state index in [1.54, 1.807) is 6.08 Å². The molecule has 1 saturated heterocycles. The Morgan fingerprint density at radius 2 is 0.691 bits per heavy atom. The van der Waals surface area contributed by atoms with E-state index < -0.39 is 49.5 Å². The van der Waals surface area contributed by atoms with Crippen LogP contribution in [-0.4, -0.2) is 100 Å². The Balaban J connectivity index is 1.81. The van der Waals surface area contributed by atoms with E-state index in [2.05, 4.69) is 31.3 Å². The van der Waals surface area contributed by atoms with Crippen LogP contribution in [0.1, 0.15) is 431 Å². The normalized spacial score (nSPS) is 17.5. The number of hydrogen-bond acceptors (Lipinski definition) is 10. The second-order valence-electron chi connectivity index (χ2n) is 29.2. The number of allylic oxidation sites excluding steroid dienone is 3. The van der Waals surface area contributed by atoms with Crippen molar-refractivity contribution in [2.45, 2.75) is 474 Å². The molecule has 1 rings (SSSR count). The van der Waals surface area contributed by atoms with Crippen LogP contribution in [0.15, 0.2) is 24.3 Å². The third-order valence-electron chi connectivity index (χ3n) is 20.1. The molecule has 94 heavy (non-hydrogen) atoms. The molecule has 11 nitrogen and oxygen atoms in total. The largest absolute Gasteiger partial charge is 0.466 e. The van der Waals surface area contributed by atoms with Gasteiger partial charge in [0.05, 0.1) is 32.0 Å². The van der Waals surface area contributed by atoms with E-state index >= 15 is 0 Å². The van der Waals surface area contributed by atoms with E-state index in [9.17, 15) is 35.1 Å². The van der Waals surface area contributed by atoms with Crippen LogP contribution >= 0.6 is 0 Å². The molecule has 1 fully saturated rings. The summed E-state index contributed by atoms with van der Waals surface area (Å²) >= 11 is 0. The second kappa shape index (κ2) is 72.4. The monoisotopic (exact) mass is 1330 g/mol. The lowest BCUT2D eigenvalue weighted by Gasteiger charge is -2.40. The lowest BCUT2D eigenvalue weighted by atomic mass is 9.99.